The zero-order chi connectivity index (χ0) is 18.7. The van der Waals surface area contributed by atoms with Crippen LogP contribution >= 0.6 is 0 Å². The van der Waals surface area contributed by atoms with Crippen LogP contribution in [-0.2, 0) is 0 Å². The smallest absolute Gasteiger partial charge is 0.0308 e. The number of rotatable bonds is 3. The van der Waals surface area contributed by atoms with Gasteiger partial charge in [-0.05, 0) is 46.6 Å². The second-order valence-corrected chi connectivity index (χ2v) is 5.19. The highest BCUT2D eigenvalue weighted by Gasteiger charge is 1.80. The van der Waals surface area contributed by atoms with Gasteiger partial charge in [-0.1, -0.05) is 78.8 Å². The minimum atomic E-state index is 1.06. The molecule has 1 rings (SSSR count). The fraction of sp³-hybridized carbons (Fsp3) is 0.304. The molecule has 0 N–H and O–H groups in total. The number of hydrogen-bond acceptors (Lipinski definition) is 0. The molecule has 23 heavy (non-hydrogen) atoms. The molecule has 0 radical (unpaired) electrons. The summed E-state index contributed by atoms with van der Waals surface area (Å²) in [5.41, 5.74) is 5.11. The number of allylic oxidation sites excluding steroid dienone is 6. The lowest BCUT2D eigenvalue weighted by molar-refractivity contribution is 1.15. The van der Waals surface area contributed by atoms with E-state index in [2.05, 4.69) is 77.4 Å². The van der Waals surface area contributed by atoms with Gasteiger partial charge in [0.15, 0.2) is 0 Å². The SMILES string of the molecule is C=C.C=C(C)C.C=C/C(=C\C=C/C)CC.Cc1ccc(C)cc1. The van der Waals surface area contributed by atoms with Crippen LogP contribution in [0.15, 0.2) is 86.0 Å². The van der Waals surface area contributed by atoms with Crippen molar-refractivity contribution in [3.63, 3.8) is 0 Å². The third kappa shape index (κ3) is 25.2. The molecule has 0 aliphatic carbocycles. The van der Waals surface area contributed by atoms with Gasteiger partial charge >= 0.3 is 0 Å². The van der Waals surface area contributed by atoms with E-state index in [-0.39, 0.29) is 0 Å². The van der Waals surface area contributed by atoms with Crippen LogP contribution in [0.1, 0.15) is 45.2 Å². The first-order chi connectivity index (χ1) is 10.9. The fourth-order valence-corrected chi connectivity index (χ4v) is 1.19. The van der Waals surface area contributed by atoms with Crippen molar-refractivity contribution < 1.29 is 0 Å². The predicted octanol–water partition coefficient (Wildman–Crippen LogP) is 7.77. The van der Waals surface area contributed by atoms with Crippen molar-refractivity contribution in [2.45, 2.75) is 48.0 Å². The van der Waals surface area contributed by atoms with Crippen molar-refractivity contribution >= 4 is 0 Å². The molecule has 0 heterocycles. The second-order valence-electron chi connectivity index (χ2n) is 5.19. The molecule has 128 valence electrons. The molecular formula is C23H36. The molecule has 0 heteroatoms. The van der Waals surface area contributed by atoms with Crippen LogP contribution in [0.4, 0.5) is 0 Å². The second kappa shape index (κ2) is 19.9. The van der Waals surface area contributed by atoms with Crippen molar-refractivity contribution in [3.8, 4) is 0 Å². The van der Waals surface area contributed by atoms with Gasteiger partial charge in [-0.25, -0.2) is 0 Å². The van der Waals surface area contributed by atoms with E-state index >= 15 is 0 Å². The van der Waals surface area contributed by atoms with Gasteiger partial charge in [0.1, 0.15) is 0 Å². The van der Waals surface area contributed by atoms with Gasteiger partial charge in [-0.15, -0.1) is 19.7 Å². The molecular weight excluding hydrogens is 276 g/mol. The Morgan fingerprint density at radius 1 is 1.00 bits per heavy atom. The highest BCUT2D eigenvalue weighted by atomic mass is 13.9. The van der Waals surface area contributed by atoms with E-state index in [0.717, 1.165) is 6.42 Å². The average Bonchev–Trinajstić information content (AvgIpc) is 2.53. The van der Waals surface area contributed by atoms with E-state index in [9.17, 15) is 0 Å². The van der Waals surface area contributed by atoms with Crippen molar-refractivity contribution in [1.29, 1.82) is 0 Å². The summed E-state index contributed by atoms with van der Waals surface area (Å²) in [6.45, 7) is 25.5. The largest absolute Gasteiger partial charge is 0.106 e. The third-order valence-electron chi connectivity index (χ3n) is 2.39. The van der Waals surface area contributed by atoms with E-state index in [1.54, 1.807) is 0 Å². The molecule has 0 atom stereocenters. The first-order valence-electron chi connectivity index (χ1n) is 7.97. The summed E-state index contributed by atoms with van der Waals surface area (Å²) in [4.78, 5) is 0. The Hall–Kier alpha value is -2.08. The van der Waals surface area contributed by atoms with Crippen molar-refractivity contribution in [2.75, 3.05) is 0 Å². The van der Waals surface area contributed by atoms with Gasteiger partial charge < -0.3 is 0 Å². The Morgan fingerprint density at radius 3 is 1.57 bits per heavy atom. The standard InChI is InChI=1S/C9H14.C8H10.C4H8.C2H4/c1-4-7-8-9(5-2)6-3;1-7-3-5-8(2)6-4-7;1-4(2)3;1-2/h4-5,7-8H,2,6H2,1,3H3;3-6H,1-2H3;1H2,2-3H3;1-2H2/b7-4-,9-8+;;;. The molecule has 0 saturated carbocycles. The van der Waals surface area contributed by atoms with Gasteiger partial charge in [0.05, 0.1) is 0 Å². The lowest BCUT2D eigenvalue weighted by Crippen LogP contribution is -1.70. The van der Waals surface area contributed by atoms with E-state index < -0.39 is 0 Å². The maximum absolute atomic E-state index is 3.68. The van der Waals surface area contributed by atoms with Crippen molar-refractivity contribution in [3.05, 3.63) is 97.2 Å². The lowest BCUT2D eigenvalue weighted by Gasteiger charge is -1.90. The minimum absolute atomic E-state index is 1.06. The molecule has 0 unspecified atom stereocenters. The predicted molar refractivity (Wildman–Crippen MR) is 111 cm³/mol. The summed E-state index contributed by atoms with van der Waals surface area (Å²) in [7, 11) is 0. The molecule has 0 bridgehead atoms. The summed E-state index contributed by atoms with van der Waals surface area (Å²) in [6, 6.07) is 8.48. The van der Waals surface area contributed by atoms with E-state index in [1.165, 1.54) is 22.3 Å². The fourth-order valence-electron chi connectivity index (χ4n) is 1.19. The maximum atomic E-state index is 3.68. The van der Waals surface area contributed by atoms with Crippen LogP contribution in [0.3, 0.4) is 0 Å². The normalized spacial score (nSPS) is 9.39. The van der Waals surface area contributed by atoms with Gasteiger partial charge in [0.2, 0.25) is 0 Å². The monoisotopic (exact) mass is 312 g/mol. The van der Waals surface area contributed by atoms with Gasteiger partial charge in [0, 0.05) is 0 Å². The summed E-state index contributed by atoms with van der Waals surface area (Å²) in [5.74, 6) is 0. The topological polar surface area (TPSA) is 0 Å². The van der Waals surface area contributed by atoms with E-state index in [1.807, 2.05) is 39.0 Å². The molecule has 0 amide bonds. The zero-order valence-electron chi connectivity index (χ0n) is 16.2. The first kappa shape index (κ1) is 25.9. The summed E-state index contributed by atoms with van der Waals surface area (Å²) >= 11 is 0. The van der Waals surface area contributed by atoms with Crippen LogP contribution in [0.25, 0.3) is 0 Å². The van der Waals surface area contributed by atoms with Crippen LogP contribution in [0.5, 0.6) is 0 Å². The highest BCUT2D eigenvalue weighted by Crippen LogP contribution is 2.00. The quantitative estimate of drug-likeness (QED) is 0.395. The Balaban J connectivity index is -0.000000262. The first-order valence-corrected chi connectivity index (χ1v) is 7.97. The molecule has 0 fully saturated rings. The Bertz CT molecular complexity index is 430. The van der Waals surface area contributed by atoms with Crippen LogP contribution < -0.4 is 0 Å². The number of hydrogen-bond donors (Lipinski definition) is 0. The highest BCUT2D eigenvalue weighted by molar-refractivity contribution is 5.21. The molecule has 1 aromatic carbocycles. The van der Waals surface area contributed by atoms with Gasteiger partial charge in [-0.2, -0.15) is 0 Å². The van der Waals surface area contributed by atoms with Crippen molar-refractivity contribution in [2.24, 2.45) is 0 Å². The molecule has 0 aliphatic rings. The summed E-state index contributed by atoms with van der Waals surface area (Å²) < 4.78 is 0. The third-order valence-corrected chi connectivity index (χ3v) is 2.39. The molecule has 1 aromatic rings. The van der Waals surface area contributed by atoms with Crippen LogP contribution in [0.2, 0.25) is 0 Å². The molecule has 0 aliphatic heterocycles. The van der Waals surface area contributed by atoms with Crippen molar-refractivity contribution in [1.82, 2.24) is 0 Å². The Labute approximate surface area is 145 Å². The number of benzene rings is 1. The van der Waals surface area contributed by atoms with Crippen LogP contribution in [0, 0.1) is 13.8 Å². The van der Waals surface area contributed by atoms with Gasteiger partial charge in [0.25, 0.3) is 0 Å². The van der Waals surface area contributed by atoms with E-state index in [0.29, 0.717) is 0 Å². The number of aryl methyl sites for hydroxylation is 2. The van der Waals surface area contributed by atoms with Crippen LogP contribution in [-0.4, -0.2) is 0 Å². The van der Waals surface area contributed by atoms with Gasteiger partial charge in [-0.3, -0.25) is 0 Å². The minimum Gasteiger partial charge on any atom is -0.106 e. The maximum Gasteiger partial charge on any atom is -0.0308 e. The molecule has 0 spiro atoms. The lowest BCUT2D eigenvalue weighted by atomic mass is 10.2. The molecule has 0 nitrogen and oxygen atoms in total. The van der Waals surface area contributed by atoms with E-state index in [4.69, 9.17) is 0 Å². The molecule has 0 saturated heterocycles. The Kier molecular flexibility index (Phi) is 22.4. The molecule has 0 aromatic heterocycles. The summed E-state index contributed by atoms with van der Waals surface area (Å²) in [5, 5.41) is 0. The Morgan fingerprint density at radius 2 is 1.35 bits per heavy atom. The summed E-state index contributed by atoms with van der Waals surface area (Å²) in [6.07, 6.45) is 9.07. The average molecular weight is 313 g/mol. The zero-order valence-corrected chi connectivity index (χ0v) is 16.2.